The number of rotatable bonds is 8. The van der Waals surface area contributed by atoms with Gasteiger partial charge in [-0.3, -0.25) is 9.48 Å². The van der Waals surface area contributed by atoms with Crippen LogP contribution in [0.4, 0.5) is 5.69 Å². The van der Waals surface area contributed by atoms with Crippen molar-refractivity contribution < 1.29 is 22.5 Å². The molecule has 40 heavy (non-hydrogen) atoms. The Labute approximate surface area is 240 Å². The Kier molecular flexibility index (Phi) is 6.83. The van der Waals surface area contributed by atoms with Gasteiger partial charge in [0, 0.05) is 43.5 Å². The quantitative estimate of drug-likeness (QED) is 0.375. The van der Waals surface area contributed by atoms with Crippen LogP contribution in [-0.2, 0) is 19.6 Å². The maximum absolute atomic E-state index is 13.7. The lowest BCUT2D eigenvalue weighted by Crippen LogP contribution is -2.62. The van der Waals surface area contributed by atoms with Gasteiger partial charge in [-0.15, -0.1) is 0 Å². The van der Waals surface area contributed by atoms with Gasteiger partial charge in [0.25, 0.3) is 0 Å². The summed E-state index contributed by atoms with van der Waals surface area (Å²) in [5, 5.41) is 5.69. The van der Waals surface area contributed by atoms with Crippen LogP contribution in [0.2, 0.25) is 0 Å². The molecule has 2 atom stereocenters. The van der Waals surface area contributed by atoms with Gasteiger partial charge in [-0.05, 0) is 50.7 Å². The van der Waals surface area contributed by atoms with Gasteiger partial charge in [0.15, 0.2) is 11.8 Å². The van der Waals surface area contributed by atoms with Crippen LogP contribution in [0.5, 0.6) is 0 Å². The second-order valence-corrected chi connectivity index (χ2v) is 15.1. The number of anilines is 1. The molecule has 0 radical (unpaired) electrons. The van der Waals surface area contributed by atoms with Crippen LogP contribution in [0.25, 0.3) is 10.9 Å². The Balaban J connectivity index is 1.45. The summed E-state index contributed by atoms with van der Waals surface area (Å²) in [5.74, 6) is -0.0955. The first-order valence-electron chi connectivity index (χ1n) is 13.9. The fourth-order valence-corrected chi connectivity index (χ4v) is 8.69. The fourth-order valence-electron chi connectivity index (χ4n) is 6.40. The molecule has 1 N–H and O–H groups in total. The minimum absolute atomic E-state index is 0.0404. The number of sulfonamides is 1. The predicted molar refractivity (Wildman–Crippen MR) is 158 cm³/mol. The molecule has 6 rings (SSSR count). The zero-order valence-electron chi connectivity index (χ0n) is 23.7. The zero-order chi connectivity index (χ0) is 28.4. The summed E-state index contributed by atoms with van der Waals surface area (Å²) in [4.78, 5) is 16.4. The first-order valence-corrected chi connectivity index (χ1v) is 16.6. The summed E-state index contributed by atoms with van der Waals surface area (Å²) in [5.41, 5.74) is 2.49. The highest BCUT2D eigenvalue weighted by molar-refractivity contribution is 7.99. The molecular weight excluding hydrogens is 548 g/mol. The number of carbonyl (C=O) groups excluding carboxylic acids is 1. The smallest absolute Gasteiger partial charge is 0.246 e. The molecule has 1 aliphatic carbocycles. The maximum Gasteiger partial charge on any atom is 0.246 e. The van der Waals surface area contributed by atoms with Crippen molar-refractivity contribution in [2.24, 2.45) is 0 Å². The lowest BCUT2D eigenvalue weighted by Gasteiger charge is -2.42. The molecule has 3 fully saturated rings. The average molecular weight is 588 g/mol. The van der Waals surface area contributed by atoms with Crippen molar-refractivity contribution in [3.8, 4) is 0 Å². The Hall–Kier alpha value is -2.41. The van der Waals surface area contributed by atoms with Crippen molar-refractivity contribution in [3.63, 3.8) is 0 Å². The van der Waals surface area contributed by atoms with Crippen LogP contribution in [0.3, 0.4) is 0 Å². The van der Waals surface area contributed by atoms with Gasteiger partial charge >= 0.3 is 0 Å². The van der Waals surface area contributed by atoms with Crippen molar-refractivity contribution in [1.29, 1.82) is 0 Å². The van der Waals surface area contributed by atoms with E-state index in [0.717, 1.165) is 55.6 Å². The van der Waals surface area contributed by atoms with E-state index in [0.29, 0.717) is 25.7 Å². The number of hydrogen-bond acceptors (Lipinski definition) is 7. The Morgan fingerprint density at radius 3 is 2.67 bits per heavy atom. The summed E-state index contributed by atoms with van der Waals surface area (Å²) >= 11 is 1.81. The summed E-state index contributed by atoms with van der Waals surface area (Å²) in [6.45, 7) is 14.0. The number of amides is 1. The third-order valence-electron chi connectivity index (χ3n) is 8.95. The summed E-state index contributed by atoms with van der Waals surface area (Å²) in [6, 6.07) is 3.90. The van der Waals surface area contributed by atoms with E-state index in [1.807, 2.05) is 35.6 Å². The average Bonchev–Trinajstić information content (AvgIpc) is 3.26. The minimum atomic E-state index is -3.76. The van der Waals surface area contributed by atoms with Gasteiger partial charge in [-0.1, -0.05) is 18.3 Å². The number of aromatic nitrogens is 2. The number of benzene rings is 1. The Morgan fingerprint density at radius 2 is 2.05 bits per heavy atom. The van der Waals surface area contributed by atoms with E-state index in [9.17, 15) is 13.2 Å². The molecule has 1 amide bonds. The van der Waals surface area contributed by atoms with Gasteiger partial charge in [0.2, 0.25) is 20.8 Å². The highest BCUT2D eigenvalue weighted by Crippen LogP contribution is 2.40. The molecule has 216 valence electrons. The van der Waals surface area contributed by atoms with Gasteiger partial charge in [0.1, 0.15) is 13.2 Å². The predicted octanol–water partition coefficient (Wildman–Crippen LogP) is 2.60. The monoisotopic (exact) mass is 587 g/mol. The van der Waals surface area contributed by atoms with Crippen LogP contribution >= 0.6 is 11.8 Å². The van der Waals surface area contributed by atoms with E-state index in [4.69, 9.17) is 9.84 Å². The second kappa shape index (κ2) is 9.85. The molecular formula is C28H39N6O4S2+. The Bertz CT molecular complexity index is 1510. The molecule has 10 nitrogen and oxygen atoms in total. The lowest BCUT2D eigenvalue weighted by atomic mass is 10.1. The highest BCUT2D eigenvalue weighted by atomic mass is 32.2. The molecule has 1 aromatic heterocycles. The number of carbonyl (C=O) groups is 1. The van der Waals surface area contributed by atoms with Crippen molar-refractivity contribution >= 4 is 50.0 Å². The number of nitrogens with one attached hydrogen (secondary N) is 1. The van der Waals surface area contributed by atoms with Crippen molar-refractivity contribution in [2.75, 3.05) is 50.5 Å². The minimum Gasteiger partial charge on any atom is -0.367 e. The third-order valence-corrected chi connectivity index (χ3v) is 11.8. The van der Waals surface area contributed by atoms with E-state index < -0.39 is 10.0 Å². The summed E-state index contributed by atoms with van der Waals surface area (Å²) < 4.78 is 40.2. The summed E-state index contributed by atoms with van der Waals surface area (Å²) in [6.07, 6.45) is 7.75. The largest absolute Gasteiger partial charge is 0.367 e. The number of nitrogens with zero attached hydrogens (tertiary/aromatic N) is 5. The van der Waals surface area contributed by atoms with Gasteiger partial charge in [0.05, 0.1) is 35.7 Å². The molecule has 1 aromatic carbocycles. The Morgan fingerprint density at radius 1 is 1.30 bits per heavy atom. The van der Waals surface area contributed by atoms with E-state index in [1.54, 1.807) is 11.0 Å². The van der Waals surface area contributed by atoms with E-state index in [-0.39, 0.29) is 27.3 Å². The molecule has 0 spiro atoms. The number of ether oxygens (including phenoxy) is 1. The topological polar surface area (TPSA) is 99.8 Å². The first kappa shape index (κ1) is 27.7. The molecule has 2 saturated heterocycles. The second-order valence-electron chi connectivity index (χ2n) is 12.1. The van der Waals surface area contributed by atoms with Gasteiger partial charge in [-0.25, -0.2) is 17.7 Å². The zero-order valence-corrected chi connectivity index (χ0v) is 25.4. The van der Waals surface area contributed by atoms with E-state index >= 15 is 0 Å². The number of fused-ring (bicyclic) bond motifs is 1. The first-order chi connectivity index (χ1) is 19.0. The van der Waals surface area contributed by atoms with Crippen LogP contribution in [0, 0.1) is 0 Å². The molecule has 0 bridgehead atoms. The van der Waals surface area contributed by atoms with Crippen molar-refractivity contribution in [1.82, 2.24) is 19.4 Å². The van der Waals surface area contributed by atoms with Crippen molar-refractivity contribution in [2.45, 2.75) is 67.4 Å². The third kappa shape index (κ3) is 4.76. The van der Waals surface area contributed by atoms with E-state index in [1.165, 1.54) is 11.8 Å². The standard InChI is InChI=1S/C28H39N6O4S2/c1-6-26(35)31-10-7-20(15-31)34-25-12-22(40(36,37)30-27(3)8-9-27)11-24(23(25)13-29-34)32-14-19(2)33(21-16-38-17-21)28(4,18-32)39-5/h6,11-13,20-21,30H,1,7-10,14-18H2,2-5H3/q+1/t20?,28-/m0/s1. The molecule has 12 heteroatoms. The molecule has 1 unspecified atom stereocenters. The van der Waals surface area contributed by atoms with Crippen LogP contribution in [-0.4, -0.2) is 101 Å². The fraction of sp³-hybridized carbons (Fsp3) is 0.607. The number of likely N-dealkylation sites (tertiary alicyclic amines) is 1. The normalized spacial score (nSPS) is 26.9. The van der Waals surface area contributed by atoms with Crippen LogP contribution in [0.1, 0.15) is 46.1 Å². The molecule has 4 heterocycles. The highest BCUT2D eigenvalue weighted by Gasteiger charge is 2.49. The lowest BCUT2D eigenvalue weighted by molar-refractivity contribution is -0.634. The molecule has 1 saturated carbocycles. The molecule has 2 aromatic rings. The SMILES string of the molecule is C=CC(=O)N1CCC(n2ncc3c(N4CC(C)=[N+](C5COC5)[C@@](C)(SC)C4)cc(S(=O)(=O)NC4(C)CC4)cc32)C1. The maximum atomic E-state index is 13.7. The molecule has 4 aliphatic rings. The number of hydrogen-bond donors (Lipinski definition) is 1. The van der Waals surface area contributed by atoms with Crippen LogP contribution < -0.4 is 9.62 Å². The van der Waals surface area contributed by atoms with Crippen molar-refractivity contribution in [3.05, 3.63) is 31.0 Å². The summed E-state index contributed by atoms with van der Waals surface area (Å²) in [7, 11) is -3.76. The number of thioether (sulfide) groups is 1. The van der Waals surface area contributed by atoms with Gasteiger partial charge < -0.3 is 14.5 Å². The van der Waals surface area contributed by atoms with Crippen LogP contribution in [0.15, 0.2) is 35.9 Å². The molecule has 3 aliphatic heterocycles. The van der Waals surface area contributed by atoms with E-state index in [2.05, 4.69) is 40.9 Å². The van der Waals surface area contributed by atoms with Gasteiger partial charge in [-0.2, -0.15) is 5.10 Å².